The van der Waals surface area contributed by atoms with Crippen molar-refractivity contribution in [1.29, 1.82) is 0 Å². The second kappa shape index (κ2) is 3.30. The summed E-state index contributed by atoms with van der Waals surface area (Å²) in [5, 5.41) is 7.66. The fraction of sp³-hybridized carbons (Fsp3) is 0. The highest BCUT2D eigenvalue weighted by atomic mass is 16.5. The number of hydrogen-bond donors (Lipinski definition) is 0. The van der Waals surface area contributed by atoms with Gasteiger partial charge in [-0.25, -0.2) is 4.79 Å². The summed E-state index contributed by atoms with van der Waals surface area (Å²) in [7, 11) is 0. The van der Waals surface area contributed by atoms with Crippen LogP contribution in [-0.4, -0.2) is 10.4 Å². The van der Waals surface area contributed by atoms with E-state index in [4.69, 9.17) is 8.94 Å². The summed E-state index contributed by atoms with van der Waals surface area (Å²) in [6.45, 7) is 0. The van der Waals surface area contributed by atoms with Gasteiger partial charge in [0.1, 0.15) is 11.1 Å². The lowest BCUT2D eigenvalue weighted by molar-refractivity contribution is 0.402. The summed E-state index contributed by atoms with van der Waals surface area (Å²) in [6.07, 6.45) is 1.38. The number of hydrogen-bond acceptors (Lipinski definition) is 5. The fourth-order valence-corrected chi connectivity index (χ4v) is 1.52. The maximum absolute atomic E-state index is 11.6. The molecule has 0 aliphatic heterocycles. The van der Waals surface area contributed by atoms with E-state index in [1.54, 1.807) is 18.2 Å². The average Bonchev–Trinajstić information content (AvgIpc) is 2.81. The molecule has 2 aromatic heterocycles. The first-order chi connectivity index (χ1) is 7.84. The van der Waals surface area contributed by atoms with E-state index >= 15 is 0 Å². The highest BCUT2D eigenvalue weighted by Crippen LogP contribution is 2.19. The molecule has 0 spiro atoms. The van der Waals surface area contributed by atoms with E-state index in [0.717, 1.165) is 5.39 Å². The van der Waals surface area contributed by atoms with E-state index in [2.05, 4.69) is 10.4 Å². The lowest BCUT2D eigenvalue weighted by atomic mass is 10.1. The Hall–Kier alpha value is -2.43. The molecule has 3 rings (SSSR count). The second-order valence-electron chi connectivity index (χ2n) is 3.27. The number of benzene rings is 1. The number of nitrogens with zero attached hydrogens (tertiary/aromatic N) is 2. The van der Waals surface area contributed by atoms with Crippen LogP contribution >= 0.6 is 0 Å². The molecule has 0 aliphatic rings. The zero-order valence-electron chi connectivity index (χ0n) is 8.08. The number of rotatable bonds is 1. The Morgan fingerprint density at radius 2 is 2.06 bits per heavy atom. The van der Waals surface area contributed by atoms with Crippen molar-refractivity contribution in [2.75, 3.05) is 0 Å². The van der Waals surface area contributed by atoms with Crippen molar-refractivity contribution >= 4 is 11.0 Å². The van der Waals surface area contributed by atoms with Gasteiger partial charge >= 0.3 is 5.63 Å². The summed E-state index contributed by atoms with van der Waals surface area (Å²) in [5.41, 5.74) is 0.407. The predicted octanol–water partition coefficient (Wildman–Crippen LogP) is 1.84. The van der Waals surface area contributed by atoms with Crippen LogP contribution in [0.5, 0.6) is 0 Å². The second-order valence-corrected chi connectivity index (χ2v) is 3.27. The Morgan fingerprint density at radius 3 is 2.88 bits per heavy atom. The minimum Gasteiger partial charge on any atom is -0.422 e. The minimum atomic E-state index is -0.461. The van der Waals surface area contributed by atoms with Gasteiger partial charge in [-0.05, 0) is 12.1 Å². The van der Waals surface area contributed by atoms with Crippen molar-refractivity contribution in [3.8, 4) is 11.3 Å². The topological polar surface area (TPSA) is 69.1 Å². The first-order valence-electron chi connectivity index (χ1n) is 4.65. The van der Waals surface area contributed by atoms with Crippen molar-refractivity contribution in [3.05, 3.63) is 46.9 Å². The number of para-hydroxylation sites is 1. The Kier molecular flexibility index (Phi) is 1.83. The summed E-state index contributed by atoms with van der Waals surface area (Å²) in [5.74, 6) is 0.305. The molecule has 0 aliphatic carbocycles. The Bertz CT molecular complexity index is 686. The maximum Gasteiger partial charge on any atom is 0.347 e. The van der Waals surface area contributed by atoms with Crippen LogP contribution in [0.25, 0.3) is 22.3 Å². The molecular formula is C11H6N2O3. The minimum absolute atomic E-state index is 0.305. The van der Waals surface area contributed by atoms with E-state index in [1.807, 2.05) is 12.1 Å². The van der Waals surface area contributed by atoms with Crippen LogP contribution in [-0.2, 0) is 0 Å². The molecule has 0 saturated heterocycles. The number of aromatic nitrogens is 2. The van der Waals surface area contributed by atoms with Gasteiger partial charge in [0, 0.05) is 10.7 Å². The van der Waals surface area contributed by atoms with Gasteiger partial charge in [-0.1, -0.05) is 18.2 Å². The van der Waals surface area contributed by atoms with Gasteiger partial charge in [-0.2, -0.15) is 0 Å². The molecule has 0 N–H and O–H groups in total. The van der Waals surface area contributed by atoms with Gasteiger partial charge < -0.3 is 8.94 Å². The third-order valence-electron chi connectivity index (χ3n) is 2.27. The average molecular weight is 214 g/mol. The predicted molar refractivity (Wildman–Crippen MR) is 55.8 cm³/mol. The van der Waals surface area contributed by atoms with Crippen LogP contribution in [0.15, 0.2) is 50.3 Å². The third-order valence-corrected chi connectivity index (χ3v) is 2.27. The molecule has 0 amide bonds. The molecule has 1 aromatic carbocycles. The van der Waals surface area contributed by atoms with Gasteiger partial charge in [0.2, 0.25) is 0 Å². The molecule has 2 heterocycles. The van der Waals surface area contributed by atoms with E-state index in [9.17, 15) is 4.79 Å². The first-order valence-corrected chi connectivity index (χ1v) is 4.65. The van der Waals surface area contributed by atoms with Crippen molar-refractivity contribution in [1.82, 2.24) is 10.4 Å². The quantitative estimate of drug-likeness (QED) is 0.578. The van der Waals surface area contributed by atoms with E-state index in [1.165, 1.54) is 6.20 Å². The molecule has 0 fully saturated rings. The summed E-state index contributed by atoms with van der Waals surface area (Å²) in [6, 6.07) is 8.96. The molecule has 0 atom stereocenters. The van der Waals surface area contributed by atoms with Crippen molar-refractivity contribution in [3.63, 3.8) is 0 Å². The number of fused-ring (bicyclic) bond motifs is 1. The Balaban J connectivity index is 2.34. The summed E-state index contributed by atoms with van der Waals surface area (Å²) < 4.78 is 9.97. The molecule has 0 radical (unpaired) electrons. The third kappa shape index (κ3) is 1.30. The molecule has 16 heavy (non-hydrogen) atoms. The molecule has 78 valence electrons. The molecule has 0 bridgehead atoms. The van der Waals surface area contributed by atoms with Gasteiger partial charge in [0.15, 0.2) is 5.76 Å². The van der Waals surface area contributed by atoms with Gasteiger partial charge in [-0.15, -0.1) is 5.10 Å². The van der Waals surface area contributed by atoms with Gasteiger partial charge in [-0.3, -0.25) is 0 Å². The largest absolute Gasteiger partial charge is 0.422 e. The van der Waals surface area contributed by atoms with Crippen LogP contribution in [0.4, 0.5) is 0 Å². The molecule has 0 unspecified atom stereocenters. The van der Waals surface area contributed by atoms with Crippen LogP contribution in [0.1, 0.15) is 0 Å². The van der Waals surface area contributed by atoms with E-state index in [0.29, 0.717) is 16.9 Å². The highest BCUT2D eigenvalue weighted by molar-refractivity contribution is 5.80. The van der Waals surface area contributed by atoms with Gasteiger partial charge in [0.25, 0.3) is 0 Å². The standard InChI is InChI=1S/C11H6N2O3/c14-11-8(10-6-12-13-16-10)5-7-3-1-2-4-9(7)15-11/h1-6H. The molecule has 0 saturated carbocycles. The summed E-state index contributed by atoms with van der Waals surface area (Å²) >= 11 is 0. The first kappa shape index (κ1) is 8.84. The normalized spacial score (nSPS) is 10.8. The van der Waals surface area contributed by atoms with E-state index < -0.39 is 5.63 Å². The molecular weight excluding hydrogens is 208 g/mol. The summed E-state index contributed by atoms with van der Waals surface area (Å²) in [4.78, 5) is 11.6. The Labute approximate surface area is 89.3 Å². The zero-order valence-corrected chi connectivity index (χ0v) is 8.08. The smallest absolute Gasteiger partial charge is 0.347 e. The molecule has 5 nitrogen and oxygen atoms in total. The van der Waals surface area contributed by atoms with Gasteiger partial charge in [0.05, 0.1) is 6.20 Å². The molecule has 5 heteroatoms. The van der Waals surface area contributed by atoms with Crippen LogP contribution < -0.4 is 5.63 Å². The molecule has 3 aromatic rings. The SMILES string of the molecule is O=c1oc2ccccc2cc1-c1cnno1. The highest BCUT2D eigenvalue weighted by Gasteiger charge is 2.10. The lowest BCUT2D eigenvalue weighted by Crippen LogP contribution is -2.01. The van der Waals surface area contributed by atoms with Crippen molar-refractivity contribution in [2.45, 2.75) is 0 Å². The fourth-order valence-electron chi connectivity index (χ4n) is 1.52. The van der Waals surface area contributed by atoms with Crippen LogP contribution in [0.2, 0.25) is 0 Å². The zero-order chi connectivity index (χ0) is 11.0. The lowest BCUT2D eigenvalue weighted by Gasteiger charge is -1.97. The monoisotopic (exact) mass is 214 g/mol. The Morgan fingerprint density at radius 1 is 1.19 bits per heavy atom. The van der Waals surface area contributed by atoms with Crippen LogP contribution in [0, 0.1) is 0 Å². The van der Waals surface area contributed by atoms with E-state index in [-0.39, 0.29) is 0 Å². The maximum atomic E-state index is 11.6. The van der Waals surface area contributed by atoms with Crippen molar-refractivity contribution < 1.29 is 8.94 Å². The van der Waals surface area contributed by atoms with Crippen molar-refractivity contribution in [2.24, 2.45) is 0 Å². The van der Waals surface area contributed by atoms with Crippen LogP contribution in [0.3, 0.4) is 0 Å².